The van der Waals surface area contributed by atoms with E-state index < -0.39 is 5.60 Å². The Bertz CT molecular complexity index is 563. The number of hydrogen-bond acceptors (Lipinski definition) is 4. The smallest absolute Gasteiger partial charge is 0.270 e. The summed E-state index contributed by atoms with van der Waals surface area (Å²) in [5.41, 5.74) is 1.31. The fourth-order valence-electron chi connectivity index (χ4n) is 3.35. The average molecular weight is 303 g/mol. The zero-order valence-electron chi connectivity index (χ0n) is 13.7. The van der Waals surface area contributed by atoms with Crippen LogP contribution in [0.2, 0.25) is 0 Å². The van der Waals surface area contributed by atoms with Gasteiger partial charge in [-0.05, 0) is 25.0 Å². The summed E-state index contributed by atoms with van der Waals surface area (Å²) in [6, 6.07) is 6.17. The summed E-state index contributed by atoms with van der Waals surface area (Å²) in [6.07, 6.45) is 1.37. The maximum atomic E-state index is 12.6. The van der Waals surface area contributed by atoms with Crippen molar-refractivity contribution in [3.8, 4) is 5.75 Å². The molecule has 1 aromatic carbocycles. The predicted molar refractivity (Wildman–Crippen MR) is 88.9 cm³/mol. The number of nitrogens with zero attached hydrogens (tertiary/aromatic N) is 2. The largest absolute Gasteiger partial charge is 0.475 e. The molecule has 1 saturated heterocycles. The van der Waals surface area contributed by atoms with E-state index in [1.165, 1.54) is 5.69 Å². The molecule has 0 bridgehead atoms. The zero-order chi connectivity index (χ0) is 15.7. The Morgan fingerprint density at radius 3 is 2.55 bits per heavy atom. The molecule has 1 amide bonds. The molecule has 2 heterocycles. The van der Waals surface area contributed by atoms with Gasteiger partial charge < -0.3 is 19.9 Å². The summed E-state index contributed by atoms with van der Waals surface area (Å²) in [5, 5.41) is 3.37. The van der Waals surface area contributed by atoms with Crippen LogP contribution in [0.25, 0.3) is 0 Å². The van der Waals surface area contributed by atoms with Gasteiger partial charge in [-0.2, -0.15) is 0 Å². The number of nitrogens with one attached hydrogen (secondary N) is 1. The first kappa shape index (κ1) is 15.2. The van der Waals surface area contributed by atoms with Crippen molar-refractivity contribution < 1.29 is 9.53 Å². The minimum atomic E-state index is -0.718. The van der Waals surface area contributed by atoms with Gasteiger partial charge in [0.05, 0.1) is 5.69 Å². The minimum Gasteiger partial charge on any atom is -0.475 e. The van der Waals surface area contributed by atoms with Crippen LogP contribution in [0.3, 0.4) is 0 Å². The highest BCUT2D eigenvalue weighted by molar-refractivity contribution is 6.02. The number of amides is 1. The second kappa shape index (κ2) is 5.80. The van der Waals surface area contributed by atoms with Crippen LogP contribution in [0, 0.1) is 0 Å². The van der Waals surface area contributed by atoms with Crippen LogP contribution in [-0.4, -0.2) is 44.7 Å². The van der Waals surface area contributed by atoms with Gasteiger partial charge in [0, 0.05) is 45.0 Å². The van der Waals surface area contributed by atoms with E-state index in [9.17, 15) is 4.79 Å². The van der Waals surface area contributed by atoms with Crippen LogP contribution < -0.4 is 19.9 Å². The lowest BCUT2D eigenvalue weighted by Crippen LogP contribution is -2.54. The van der Waals surface area contributed by atoms with Gasteiger partial charge in [-0.15, -0.1) is 0 Å². The Balaban J connectivity index is 1.96. The number of likely N-dealkylation sites (N-methyl/N-ethyl adjacent to an activating group) is 1. The molecular formula is C17H25N3O2. The third-order valence-corrected chi connectivity index (χ3v) is 4.93. The number of piperazine rings is 1. The Kier molecular flexibility index (Phi) is 4.00. The number of fused-ring (bicyclic) bond motifs is 1. The highest BCUT2D eigenvalue weighted by atomic mass is 16.5. The van der Waals surface area contributed by atoms with Crippen molar-refractivity contribution in [2.45, 2.75) is 32.3 Å². The van der Waals surface area contributed by atoms with Gasteiger partial charge in [0.2, 0.25) is 0 Å². The highest BCUT2D eigenvalue weighted by Crippen LogP contribution is 2.41. The van der Waals surface area contributed by atoms with E-state index in [-0.39, 0.29) is 5.91 Å². The van der Waals surface area contributed by atoms with Gasteiger partial charge in [0.25, 0.3) is 5.91 Å². The maximum absolute atomic E-state index is 12.6. The van der Waals surface area contributed by atoms with Gasteiger partial charge in [-0.25, -0.2) is 0 Å². The van der Waals surface area contributed by atoms with E-state index in [1.807, 2.05) is 27.0 Å². The SMILES string of the molecule is CCC1(CC)Oc2cc(N3CCNCC3)ccc2N(C)C1=O. The molecule has 0 saturated carbocycles. The number of anilines is 2. The first-order valence-electron chi connectivity index (χ1n) is 8.18. The third kappa shape index (κ3) is 2.33. The lowest BCUT2D eigenvalue weighted by molar-refractivity contribution is -0.135. The van der Waals surface area contributed by atoms with Crippen molar-refractivity contribution in [1.29, 1.82) is 0 Å². The summed E-state index contributed by atoms with van der Waals surface area (Å²) < 4.78 is 6.20. The van der Waals surface area contributed by atoms with E-state index >= 15 is 0 Å². The van der Waals surface area contributed by atoms with E-state index in [4.69, 9.17) is 4.74 Å². The lowest BCUT2D eigenvalue weighted by Gasteiger charge is -2.41. The molecule has 120 valence electrons. The third-order valence-electron chi connectivity index (χ3n) is 4.93. The van der Waals surface area contributed by atoms with E-state index in [0.717, 1.165) is 37.6 Å². The topological polar surface area (TPSA) is 44.8 Å². The summed E-state index contributed by atoms with van der Waals surface area (Å²) in [4.78, 5) is 16.7. The molecule has 0 unspecified atom stereocenters. The van der Waals surface area contributed by atoms with Crippen LogP contribution in [0.4, 0.5) is 11.4 Å². The highest BCUT2D eigenvalue weighted by Gasteiger charge is 2.44. The van der Waals surface area contributed by atoms with Crippen molar-refractivity contribution in [1.82, 2.24) is 5.32 Å². The molecular weight excluding hydrogens is 278 g/mol. The van der Waals surface area contributed by atoms with Crippen LogP contribution in [0.15, 0.2) is 18.2 Å². The molecule has 1 aromatic rings. The molecule has 2 aliphatic rings. The second-order valence-corrected chi connectivity index (χ2v) is 6.06. The van der Waals surface area contributed by atoms with Crippen molar-refractivity contribution in [2.75, 3.05) is 43.0 Å². The first-order valence-corrected chi connectivity index (χ1v) is 8.18. The molecule has 5 heteroatoms. The van der Waals surface area contributed by atoms with E-state index in [2.05, 4.69) is 22.3 Å². The number of carbonyl (C=O) groups excluding carboxylic acids is 1. The molecule has 5 nitrogen and oxygen atoms in total. The molecule has 0 aromatic heterocycles. The Morgan fingerprint density at radius 2 is 1.91 bits per heavy atom. The number of hydrogen-bond donors (Lipinski definition) is 1. The number of rotatable bonds is 3. The van der Waals surface area contributed by atoms with Crippen molar-refractivity contribution in [3.05, 3.63) is 18.2 Å². The van der Waals surface area contributed by atoms with Crippen LogP contribution in [-0.2, 0) is 4.79 Å². The van der Waals surface area contributed by atoms with Gasteiger partial charge >= 0.3 is 0 Å². The van der Waals surface area contributed by atoms with Gasteiger partial charge in [0.15, 0.2) is 5.60 Å². The summed E-state index contributed by atoms with van der Waals surface area (Å²) in [6.45, 7) is 8.04. The molecule has 2 aliphatic heterocycles. The van der Waals surface area contributed by atoms with Crippen molar-refractivity contribution in [2.24, 2.45) is 0 Å². The van der Waals surface area contributed by atoms with Crippen molar-refractivity contribution >= 4 is 17.3 Å². The quantitative estimate of drug-likeness (QED) is 0.928. The Morgan fingerprint density at radius 1 is 1.23 bits per heavy atom. The fraction of sp³-hybridized carbons (Fsp3) is 0.588. The Hall–Kier alpha value is -1.75. The minimum absolute atomic E-state index is 0.0555. The maximum Gasteiger partial charge on any atom is 0.270 e. The van der Waals surface area contributed by atoms with E-state index in [0.29, 0.717) is 12.8 Å². The summed E-state index contributed by atoms with van der Waals surface area (Å²) in [7, 11) is 1.84. The van der Waals surface area contributed by atoms with Crippen molar-refractivity contribution in [3.63, 3.8) is 0 Å². The molecule has 1 N–H and O–H groups in total. The lowest BCUT2D eigenvalue weighted by atomic mass is 9.93. The normalized spacial score (nSPS) is 20.6. The first-order chi connectivity index (χ1) is 10.6. The van der Waals surface area contributed by atoms with Gasteiger partial charge in [-0.1, -0.05) is 13.8 Å². The number of carbonyl (C=O) groups is 1. The predicted octanol–water partition coefficient (Wildman–Crippen LogP) is 2.01. The standard InChI is InChI=1S/C17H25N3O2/c1-4-17(5-2)16(21)19(3)14-7-6-13(12-15(14)22-17)20-10-8-18-9-11-20/h6-7,12,18H,4-5,8-11H2,1-3H3. The molecule has 22 heavy (non-hydrogen) atoms. The van der Waals surface area contributed by atoms with Crippen LogP contribution in [0.1, 0.15) is 26.7 Å². The molecule has 1 fully saturated rings. The number of ether oxygens (including phenoxy) is 1. The fourth-order valence-corrected chi connectivity index (χ4v) is 3.35. The second-order valence-electron chi connectivity index (χ2n) is 6.06. The van der Waals surface area contributed by atoms with Crippen LogP contribution >= 0.6 is 0 Å². The van der Waals surface area contributed by atoms with E-state index in [1.54, 1.807) is 4.90 Å². The molecule has 0 atom stereocenters. The molecule has 0 radical (unpaired) electrons. The monoisotopic (exact) mass is 303 g/mol. The Labute approximate surface area is 132 Å². The number of benzene rings is 1. The summed E-state index contributed by atoms with van der Waals surface area (Å²) in [5.74, 6) is 0.877. The average Bonchev–Trinajstić information content (AvgIpc) is 2.58. The zero-order valence-corrected chi connectivity index (χ0v) is 13.7. The molecule has 3 rings (SSSR count). The van der Waals surface area contributed by atoms with Gasteiger partial charge in [0.1, 0.15) is 5.75 Å². The molecule has 0 spiro atoms. The van der Waals surface area contributed by atoms with Gasteiger partial charge in [-0.3, -0.25) is 4.79 Å². The van der Waals surface area contributed by atoms with Crippen LogP contribution in [0.5, 0.6) is 5.75 Å². The summed E-state index contributed by atoms with van der Waals surface area (Å²) >= 11 is 0. The molecule has 0 aliphatic carbocycles.